The van der Waals surface area contributed by atoms with Crippen LogP contribution >= 0.6 is 11.6 Å². The zero-order chi connectivity index (χ0) is 17.0. The van der Waals surface area contributed by atoms with E-state index < -0.39 is 23.5 Å². The molecule has 0 amide bonds. The second-order valence-electron chi connectivity index (χ2n) is 4.15. The Hall–Kier alpha value is -2.77. The minimum absolute atomic E-state index is 0.0436. The molecule has 0 aliphatic heterocycles. The van der Waals surface area contributed by atoms with Gasteiger partial charge in [0, 0.05) is 5.56 Å². The molecule has 0 aliphatic carbocycles. The number of aromatic nitrogens is 2. The second-order valence-corrected chi connectivity index (χ2v) is 4.56. The Morgan fingerprint density at radius 1 is 1.35 bits per heavy atom. The van der Waals surface area contributed by atoms with Crippen LogP contribution in [0.2, 0.25) is 5.02 Å². The summed E-state index contributed by atoms with van der Waals surface area (Å²) < 4.78 is 45.1. The zero-order valence-corrected chi connectivity index (χ0v) is 12.1. The fourth-order valence-corrected chi connectivity index (χ4v) is 2.02. The summed E-state index contributed by atoms with van der Waals surface area (Å²) in [6, 6.07) is 3.64. The van der Waals surface area contributed by atoms with E-state index >= 15 is 0 Å². The minimum Gasteiger partial charge on any atom is -0.479 e. The standard InChI is InChI=1S/C15H7ClF3N3O/c1-2-3-23-12-4-8(11(17)5-10(12)16)13-9(6-20)14(15(18)19)22-7-21-13/h1,4-5,7,15H,3H2. The highest BCUT2D eigenvalue weighted by molar-refractivity contribution is 6.32. The molecule has 0 radical (unpaired) electrons. The van der Waals surface area contributed by atoms with Gasteiger partial charge in [0.1, 0.15) is 41.8 Å². The van der Waals surface area contributed by atoms with Gasteiger partial charge in [0.25, 0.3) is 6.43 Å². The number of halogens is 4. The van der Waals surface area contributed by atoms with Crippen LogP contribution in [0.5, 0.6) is 5.75 Å². The number of benzene rings is 1. The lowest BCUT2D eigenvalue weighted by Gasteiger charge is -2.11. The lowest BCUT2D eigenvalue weighted by Crippen LogP contribution is -2.02. The maximum atomic E-state index is 14.1. The maximum absolute atomic E-state index is 14.1. The van der Waals surface area contributed by atoms with Crippen LogP contribution in [0.4, 0.5) is 13.2 Å². The van der Waals surface area contributed by atoms with Gasteiger partial charge in [-0.25, -0.2) is 23.1 Å². The molecule has 4 nitrogen and oxygen atoms in total. The summed E-state index contributed by atoms with van der Waals surface area (Å²) in [4.78, 5) is 7.09. The summed E-state index contributed by atoms with van der Waals surface area (Å²) in [6.07, 6.45) is 2.89. The van der Waals surface area contributed by atoms with Crippen molar-refractivity contribution in [3.63, 3.8) is 0 Å². The average Bonchev–Trinajstić information content (AvgIpc) is 2.53. The number of alkyl halides is 2. The van der Waals surface area contributed by atoms with Crippen LogP contribution in [0, 0.1) is 29.5 Å². The van der Waals surface area contributed by atoms with Crippen molar-refractivity contribution < 1.29 is 17.9 Å². The Bertz CT molecular complexity index is 828. The SMILES string of the molecule is C#CCOc1cc(-c2ncnc(C(F)F)c2C#N)c(F)cc1Cl. The highest BCUT2D eigenvalue weighted by Gasteiger charge is 2.22. The molecule has 1 heterocycles. The molecule has 0 bridgehead atoms. The normalized spacial score (nSPS) is 10.2. The van der Waals surface area contributed by atoms with Gasteiger partial charge < -0.3 is 4.74 Å². The van der Waals surface area contributed by atoms with Gasteiger partial charge in [0.2, 0.25) is 0 Å². The minimum atomic E-state index is -3.00. The number of hydrogen-bond donors (Lipinski definition) is 0. The van der Waals surface area contributed by atoms with Crippen molar-refractivity contribution in [2.75, 3.05) is 6.61 Å². The Balaban J connectivity index is 2.65. The molecule has 0 aliphatic rings. The molecule has 8 heteroatoms. The van der Waals surface area contributed by atoms with E-state index in [9.17, 15) is 13.2 Å². The average molecular weight is 338 g/mol. The van der Waals surface area contributed by atoms with Gasteiger partial charge >= 0.3 is 0 Å². The largest absolute Gasteiger partial charge is 0.479 e. The molecule has 1 aromatic heterocycles. The van der Waals surface area contributed by atoms with E-state index in [1.807, 2.05) is 0 Å². The molecule has 0 atom stereocenters. The van der Waals surface area contributed by atoms with E-state index in [0.717, 1.165) is 18.5 Å². The molecule has 23 heavy (non-hydrogen) atoms. The van der Waals surface area contributed by atoms with Crippen LogP contribution in [-0.2, 0) is 0 Å². The Kier molecular flexibility index (Phi) is 5.05. The summed E-state index contributed by atoms with van der Waals surface area (Å²) in [5.41, 5.74) is -1.80. The number of rotatable bonds is 4. The number of nitriles is 1. The van der Waals surface area contributed by atoms with E-state index in [-0.39, 0.29) is 28.6 Å². The van der Waals surface area contributed by atoms with Gasteiger partial charge in [-0.05, 0) is 12.1 Å². The van der Waals surface area contributed by atoms with Crippen molar-refractivity contribution in [2.24, 2.45) is 0 Å². The highest BCUT2D eigenvalue weighted by Crippen LogP contribution is 2.35. The van der Waals surface area contributed by atoms with Crippen LogP contribution in [-0.4, -0.2) is 16.6 Å². The van der Waals surface area contributed by atoms with Crippen molar-refractivity contribution in [3.8, 4) is 35.4 Å². The topological polar surface area (TPSA) is 58.8 Å². The summed E-state index contributed by atoms with van der Waals surface area (Å²) in [7, 11) is 0. The Labute approximate surface area is 134 Å². The number of nitrogens with zero attached hydrogens (tertiary/aromatic N) is 3. The first-order valence-electron chi connectivity index (χ1n) is 6.08. The van der Waals surface area contributed by atoms with Gasteiger partial charge in [-0.2, -0.15) is 5.26 Å². The summed E-state index contributed by atoms with van der Waals surface area (Å²) in [5.74, 6) is 1.41. The highest BCUT2D eigenvalue weighted by atomic mass is 35.5. The second kappa shape index (κ2) is 6.99. The molecule has 1 aromatic carbocycles. The first-order valence-corrected chi connectivity index (χ1v) is 6.46. The van der Waals surface area contributed by atoms with Crippen LogP contribution in [0.3, 0.4) is 0 Å². The van der Waals surface area contributed by atoms with E-state index in [1.54, 1.807) is 6.07 Å². The van der Waals surface area contributed by atoms with E-state index in [0.29, 0.717) is 0 Å². The predicted octanol–water partition coefficient (Wildman–Crippen LogP) is 3.76. The van der Waals surface area contributed by atoms with E-state index in [2.05, 4.69) is 15.9 Å². The smallest absolute Gasteiger partial charge is 0.281 e. The summed E-state index contributed by atoms with van der Waals surface area (Å²) >= 11 is 5.83. The van der Waals surface area contributed by atoms with Crippen molar-refractivity contribution in [3.05, 3.63) is 40.6 Å². The first kappa shape index (κ1) is 16.6. The monoisotopic (exact) mass is 337 g/mol. The molecule has 2 rings (SSSR count). The molecule has 2 aromatic rings. The third kappa shape index (κ3) is 3.36. The van der Waals surface area contributed by atoms with Crippen molar-refractivity contribution in [1.82, 2.24) is 9.97 Å². The first-order chi connectivity index (χ1) is 11.0. The van der Waals surface area contributed by atoms with Crippen molar-refractivity contribution in [2.45, 2.75) is 6.43 Å². The molecule has 0 unspecified atom stereocenters. The van der Waals surface area contributed by atoms with Crippen LogP contribution in [0.1, 0.15) is 17.7 Å². The quantitative estimate of drug-likeness (QED) is 0.797. The summed E-state index contributed by atoms with van der Waals surface area (Å²) in [5, 5.41) is 9.04. The van der Waals surface area contributed by atoms with Gasteiger partial charge in [0.05, 0.1) is 10.7 Å². The predicted molar refractivity (Wildman–Crippen MR) is 76.4 cm³/mol. The molecule has 0 saturated carbocycles. The lowest BCUT2D eigenvalue weighted by atomic mass is 10.0. The molecule has 0 N–H and O–H groups in total. The molecule has 0 fully saturated rings. The van der Waals surface area contributed by atoms with Crippen LogP contribution in [0.25, 0.3) is 11.3 Å². The Morgan fingerprint density at radius 3 is 2.70 bits per heavy atom. The number of ether oxygens (including phenoxy) is 1. The van der Waals surface area contributed by atoms with Gasteiger partial charge in [0.15, 0.2) is 0 Å². The van der Waals surface area contributed by atoms with Gasteiger partial charge in [-0.1, -0.05) is 17.5 Å². The third-order valence-electron chi connectivity index (χ3n) is 2.78. The van der Waals surface area contributed by atoms with E-state index in [1.165, 1.54) is 0 Å². The fourth-order valence-electron chi connectivity index (χ4n) is 1.82. The third-order valence-corrected chi connectivity index (χ3v) is 3.08. The maximum Gasteiger partial charge on any atom is 0.281 e. The van der Waals surface area contributed by atoms with Crippen molar-refractivity contribution in [1.29, 1.82) is 5.26 Å². The van der Waals surface area contributed by atoms with Crippen molar-refractivity contribution >= 4 is 11.6 Å². The molecular weight excluding hydrogens is 331 g/mol. The van der Waals surface area contributed by atoms with Crippen LogP contribution < -0.4 is 4.74 Å². The van der Waals surface area contributed by atoms with Gasteiger partial charge in [-0.15, -0.1) is 6.42 Å². The Morgan fingerprint density at radius 2 is 2.09 bits per heavy atom. The molecular formula is C15H7ClF3N3O. The van der Waals surface area contributed by atoms with Gasteiger partial charge in [-0.3, -0.25) is 0 Å². The van der Waals surface area contributed by atoms with E-state index in [4.69, 9.17) is 28.0 Å². The van der Waals surface area contributed by atoms with Crippen LogP contribution in [0.15, 0.2) is 18.5 Å². The molecule has 0 spiro atoms. The molecule has 0 saturated heterocycles. The fraction of sp³-hybridized carbons (Fsp3) is 0.133. The summed E-state index contributed by atoms with van der Waals surface area (Å²) in [6.45, 7) is -0.123. The number of hydrogen-bond acceptors (Lipinski definition) is 4. The lowest BCUT2D eigenvalue weighted by molar-refractivity contribution is 0.145. The zero-order valence-electron chi connectivity index (χ0n) is 11.4. The molecule has 116 valence electrons. The number of terminal acetylenes is 1.